The molecule has 2 aromatic heterocycles. The minimum absolute atomic E-state index is 0.775. The molecule has 0 bridgehead atoms. The lowest BCUT2D eigenvalue weighted by atomic mass is 10.1. The van der Waals surface area contributed by atoms with Crippen molar-refractivity contribution in [2.45, 2.75) is 13.5 Å². The van der Waals surface area contributed by atoms with E-state index in [0.29, 0.717) is 0 Å². The third-order valence-electron chi connectivity index (χ3n) is 2.12. The predicted octanol–water partition coefficient (Wildman–Crippen LogP) is 3.04. The molecule has 2 heterocycles. The molecule has 0 fully saturated rings. The molecule has 2 nitrogen and oxygen atoms in total. The summed E-state index contributed by atoms with van der Waals surface area (Å²) in [5, 5.41) is 5.26. The van der Waals surface area contributed by atoms with Crippen molar-refractivity contribution in [3.8, 4) is 11.1 Å². The predicted molar refractivity (Wildman–Crippen MR) is 59.5 cm³/mol. The van der Waals surface area contributed by atoms with Crippen LogP contribution < -0.4 is 5.32 Å². The third kappa shape index (κ3) is 1.74. The molecule has 0 amide bonds. The number of hydrogen-bond donors (Lipinski definition) is 1. The standard InChI is InChI=1S/C11H13NOS/c1-8-5-9(7-14-8)10-3-4-13-11(10)6-12-2/h3-5,7,12H,6H2,1-2H3. The van der Waals surface area contributed by atoms with Crippen molar-refractivity contribution < 1.29 is 4.42 Å². The van der Waals surface area contributed by atoms with Gasteiger partial charge in [0.05, 0.1) is 12.8 Å². The van der Waals surface area contributed by atoms with E-state index in [4.69, 9.17) is 4.42 Å². The first kappa shape index (κ1) is 9.49. The van der Waals surface area contributed by atoms with Crippen LogP contribution in [0.1, 0.15) is 10.6 Å². The van der Waals surface area contributed by atoms with Gasteiger partial charge in [0.2, 0.25) is 0 Å². The summed E-state index contributed by atoms with van der Waals surface area (Å²) in [4.78, 5) is 1.33. The molecule has 0 saturated carbocycles. The Bertz CT molecular complexity index is 416. The van der Waals surface area contributed by atoms with E-state index in [2.05, 4.69) is 23.7 Å². The third-order valence-corrected chi connectivity index (χ3v) is 2.99. The Hall–Kier alpha value is -1.06. The van der Waals surface area contributed by atoms with Crippen LogP contribution in [0.3, 0.4) is 0 Å². The average Bonchev–Trinajstić information content (AvgIpc) is 2.74. The Morgan fingerprint density at radius 1 is 1.50 bits per heavy atom. The second kappa shape index (κ2) is 3.98. The number of aryl methyl sites for hydroxylation is 1. The van der Waals surface area contributed by atoms with Gasteiger partial charge in [-0.2, -0.15) is 0 Å². The molecule has 0 saturated heterocycles. The molecular formula is C11H13NOS. The fourth-order valence-corrected chi connectivity index (χ4v) is 2.18. The summed E-state index contributed by atoms with van der Waals surface area (Å²) in [5.41, 5.74) is 2.45. The summed E-state index contributed by atoms with van der Waals surface area (Å²) in [6.07, 6.45) is 1.75. The van der Waals surface area contributed by atoms with Gasteiger partial charge >= 0.3 is 0 Å². The van der Waals surface area contributed by atoms with E-state index in [0.717, 1.165) is 12.3 Å². The molecule has 0 spiro atoms. The zero-order valence-corrected chi connectivity index (χ0v) is 9.15. The highest BCUT2D eigenvalue weighted by molar-refractivity contribution is 7.10. The Morgan fingerprint density at radius 2 is 2.36 bits per heavy atom. The highest BCUT2D eigenvalue weighted by Crippen LogP contribution is 2.28. The van der Waals surface area contributed by atoms with Crippen LogP contribution in [-0.4, -0.2) is 7.05 Å². The molecule has 0 aromatic carbocycles. The van der Waals surface area contributed by atoms with E-state index in [9.17, 15) is 0 Å². The Morgan fingerprint density at radius 3 is 3.00 bits per heavy atom. The van der Waals surface area contributed by atoms with E-state index < -0.39 is 0 Å². The lowest BCUT2D eigenvalue weighted by molar-refractivity contribution is 0.497. The smallest absolute Gasteiger partial charge is 0.125 e. The van der Waals surface area contributed by atoms with Gasteiger partial charge in [0.1, 0.15) is 5.76 Å². The molecule has 2 rings (SSSR count). The first-order valence-electron chi connectivity index (χ1n) is 4.57. The van der Waals surface area contributed by atoms with Crippen molar-refractivity contribution in [1.29, 1.82) is 0 Å². The van der Waals surface area contributed by atoms with Crippen molar-refractivity contribution in [2.24, 2.45) is 0 Å². The van der Waals surface area contributed by atoms with Crippen LogP contribution in [0, 0.1) is 6.92 Å². The first-order valence-corrected chi connectivity index (χ1v) is 5.45. The zero-order chi connectivity index (χ0) is 9.97. The maximum atomic E-state index is 5.41. The maximum Gasteiger partial charge on any atom is 0.125 e. The number of furan rings is 1. The minimum atomic E-state index is 0.775. The van der Waals surface area contributed by atoms with Gasteiger partial charge in [0, 0.05) is 10.4 Å². The van der Waals surface area contributed by atoms with Gasteiger partial charge in [-0.3, -0.25) is 0 Å². The summed E-state index contributed by atoms with van der Waals surface area (Å²) in [5.74, 6) is 1.00. The summed E-state index contributed by atoms with van der Waals surface area (Å²) < 4.78 is 5.41. The second-order valence-electron chi connectivity index (χ2n) is 3.23. The van der Waals surface area contributed by atoms with Crippen LogP contribution in [-0.2, 0) is 6.54 Å². The van der Waals surface area contributed by atoms with Crippen molar-refractivity contribution in [2.75, 3.05) is 7.05 Å². The largest absolute Gasteiger partial charge is 0.467 e. The quantitative estimate of drug-likeness (QED) is 0.837. The van der Waals surface area contributed by atoms with Gasteiger partial charge < -0.3 is 9.73 Å². The zero-order valence-electron chi connectivity index (χ0n) is 8.33. The molecule has 2 aromatic rings. The van der Waals surface area contributed by atoms with Crippen LogP contribution in [0.25, 0.3) is 11.1 Å². The molecule has 14 heavy (non-hydrogen) atoms. The Balaban J connectivity index is 2.36. The SMILES string of the molecule is CNCc1occc1-c1csc(C)c1. The molecular weight excluding hydrogens is 194 g/mol. The van der Waals surface area contributed by atoms with Crippen LogP contribution in [0.2, 0.25) is 0 Å². The van der Waals surface area contributed by atoms with Crippen molar-refractivity contribution in [1.82, 2.24) is 5.32 Å². The van der Waals surface area contributed by atoms with Crippen molar-refractivity contribution >= 4 is 11.3 Å². The van der Waals surface area contributed by atoms with Crippen LogP contribution >= 0.6 is 11.3 Å². The number of nitrogens with one attached hydrogen (secondary N) is 1. The first-order chi connectivity index (χ1) is 6.81. The summed E-state index contributed by atoms with van der Waals surface area (Å²) in [7, 11) is 1.92. The molecule has 0 radical (unpaired) electrons. The summed E-state index contributed by atoms with van der Waals surface area (Å²) in [6, 6.07) is 4.21. The van der Waals surface area contributed by atoms with Gasteiger partial charge in [-0.25, -0.2) is 0 Å². The fourth-order valence-electron chi connectivity index (χ4n) is 1.48. The molecule has 0 atom stereocenters. The van der Waals surface area contributed by atoms with Gasteiger partial charge in [0.15, 0.2) is 0 Å². The fraction of sp³-hybridized carbons (Fsp3) is 0.273. The lowest BCUT2D eigenvalue weighted by Crippen LogP contribution is -2.04. The highest BCUT2D eigenvalue weighted by Gasteiger charge is 2.08. The molecule has 0 aliphatic carbocycles. The molecule has 0 aliphatic heterocycles. The molecule has 0 aliphatic rings. The molecule has 74 valence electrons. The summed E-state index contributed by atoms with van der Waals surface area (Å²) in [6.45, 7) is 2.89. The van der Waals surface area contributed by atoms with Gasteiger partial charge in [-0.05, 0) is 37.0 Å². The number of hydrogen-bond acceptors (Lipinski definition) is 3. The summed E-state index contributed by atoms with van der Waals surface area (Å²) >= 11 is 1.77. The van der Waals surface area contributed by atoms with Crippen LogP contribution in [0.4, 0.5) is 0 Å². The van der Waals surface area contributed by atoms with Gasteiger partial charge in [-0.15, -0.1) is 11.3 Å². The van der Waals surface area contributed by atoms with E-state index in [1.165, 1.54) is 16.0 Å². The normalized spacial score (nSPS) is 10.7. The molecule has 3 heteroatoms. The average molecular weight is 207 g/mol. The highest BCUT2D eigenvalue weighted by atomic mass is 32.1. The Kier molecular flexibility index (Phi) is 2.70. The van der Waals surface area contributed by atoms with Crippen LogP contribution in [0.15, 0.2) is 28.2 Å². The Labute approximate surface area is 87.6 Å². The minimum Gasteiger partial charge on any atom is -0.467 e. The topological polar surface area (TPSA) is 25.2 Å². The second-order valence-corrected chi connectivity index (χ2v) is 4.35. The van der Waals surface area contributed by atoms with Crippen molar-refractivity contribution in [3.63, 3.8) is 0 Å². The van der Waals surface area contributed by atoms with E-state index in [1.54, 1.807) is 17.6 Å². The van der Waals surface area contributed by atoms with Gasteiger partial charge in [-0.1, -0.05) is 0 Å². The number of rotatable bonds is 3. The number of thiophene rings is 1. The van der Waals surface area contributed by atoms with Crippen LogP contribution in [0.5, 0.6) is 0 Å². The van der Waals surface area contributed by atoms with E-state index >= 15 is 0 Å². The van der Waals surface area contributed by atoms with E-state index in [-0.39, 0.29) is 0 Å². The van der Waals surface area contributed by atoms with Gasteiger partial charge in [0.25, 0.3) is 0 Å². The van der Waals surface area contributed by atoms with Crippen molar-refractivity contribution in [3.05, 3.63) is 34.4 Å². The molecule has 0 unspecified atom stereocenters. The van der Waals surface area contributed by atoms with E-state index in [1.807, 2.05) is 13.1 Å². The lowest BCUT2D eigenvalue weighted by Gasteiger charge is -1.98. The maximum absolute atomic E-state index is 5.41. The monoisotopic (exact) mass is 207 g/mol. The molecule has 1 N–H and O–H groups in total.